The van der Waals surface area contributed by atoms with Crippen LogP contribution in [0.15, 0.2) is 18.2 Å². The van der Waals surface area contributed by atoms with Crippen LogP contribution < -0.4 is 15.8 Å². The van der Waals surface area contributed by atoms with Crippen molar-refractivity contribution < 1.29 is 9.66 Å². The van der Waals surface area contributed by atoms with Gasteiger partial charge in [0.1, 0.15) is 0 Å². The maximum Gasteiger partial charge on any atom is 0.312 e. The fraction of sp³-hybridized carbons (Fsp3) is 0.455. The van der Waals surface area contributed by atoms with Crippen molar-refractivity contribution in [3.8, 4) is 5.75 Å². The quantitative estimate of drug-likeness (QED) is 0.611. The van der Waals surface area contributed by atoms with E-state index in [1.54, 1.807) is 12.1 Å². The molecule has 3 N–H and O–H groups in total. The van der Waals surface area contributed by atoms with Crippen molar-refractivity contribution in [2.24, 2.45) is 5.73 Å². The van der Waals surface area contributed by atoms with Gasteiger partial charge in [0.25, 0.3) is 0 Å². The van der Waals surface area contributed by atoms with E-state index in [9.17, 15) is 10.1 Å². The van der Waals surface area contributed by atoms with Gasteiger partial charge in [-0.25, -0.2) is 0 Å². The largest absolute Gasteiger partial charge is 0.490 e. The third kappa shape index (κ3) is 2.47. The molecule has 0 atom stereocenters. The van der Waals surface area contributed by atoms with Crippen LogP contribution in [0.4, 0.5) is 11.4 Å². The van der Waals surface area contributed by atoms with Crippen LogP contribution in [-0.4, -0.2) is 24.1 Å². The van der Waals surface area contributed by atoms with Crippen LogP contribution >= 0.6 is 0 Å². The average Bonchev–Trinajstić information content (AvgIpc) is 2.27. The number of nitro benzene ring substituents is 1. The number of nitro groups is 1. The fourth-order valence-electron chi connectivity index (χ4n) is 1.94. The molecule has 17 heavy (non-hydrogen) atoms. The Morgan fingerprint density at radius 2 is 2.24 bits per heavy atom. The maximum absolute atomic E-state index is 10.8. The summed E-state index contributed by atoms with van der Waals surface area (Å²) in [6, 6.07) is 5.43. The van der Waals surface area contributed by atoms with E-state index in [0.29, 0.717) is 6.04 Å². The SMILES string of the molecule is COc1ccc(NC2CC(N)C2)cc1[N+](=O)[O-]. The van der Waals surface area contributed by atoms with E-state index >= 15 is 0 Å². The van der Waals surface area contributed by atoms with Crippen molar-refractivity contribution in [1.82, 2.24) is 0 Å². The summed E-state index contributed by atoms with van der Waals surface area (Å²) in [6.45, 7) is 0. The Morgan fingerprint density at radius 1 is 1.53 bits per heavy atom. The number of anilines is 1. The summed E-state index contributed by atoms with van der Waals surface area (Å²) in [5.41, 5.74) is 6.38. The summed E-state index contributed by atoms with van der Waals surface area (Å²) in [6.07, 6.45) is 1.81. The summed E-state index contributed by atoms with van der Waals surface area (Å²) in [5.74, 6) is 0.269. The zero-order valence-electron chi connectivity index (χ0n) is 9.55. The minimum absolute atomic E-state index is 0.0267. The van der Waals surface area contributed by atoms with Crippen LogP contribution in [0.2, 0.25) is 0 Å². The molecule has 0 heterocycles. The highest BCUT2D eigenvalue weighted by molar-refractivity contribution is 5.59. The number of methoxy groups -OCH3 is 1. The van der Waals surface area contributed by atoms with Crippen LogP contribution in [0.25, 0.3) is 0 Å². The first kappa shape index (κ1) is 11.7. The molecule has 0 unspecified atom stereocenters. The van der Waals surface area contributed by atoms with Crippen molar-refractivity contribution in [3.05, 3.63) is 28.3 Å². The summed E-state index contributed by atoms with van der Waals surface area (Å²) >= 11 is 0. The molecule has 0 aromatic heterocycles. The number of hydrogen-bond donors (Lipinski definition) is 2. The van der Waals surface area contributed by atoms with Crippen LogP contribution in [-0.2, 0) is 0 Å². The molecule has 0 radical (unpaired) electrons. The number of benzene rings is 1. The molecule has 2 rings (SSSR count). The normalized spacial score (nSPS) is 22.7. The van der Waals surface area contributed by atoms with Gasteiger partial charge in [0.15, 0.2) is 5.75 Å². The number of rotatable bonds is 4. The van der Waals surface area contributed by atoms with E-state index < -0.39 is 4.92 Å². The highest BCUT2D eigenvalue weighted by Gasteiger charge is 2.26. The second-order valence-corrected chi connectivity index (χ2v) is 4.22. The lowest BCUT2D eigenvalue weighted by Gasteiger charge is -2.33. The van der Waals surface area contributed by atoms with Crippen molar-refractivity contribution in [3.63, 3.8) is 0 Å². The molecule has 92 valence electrons. The van der Waals surface area contributed by atoms with Gasteiger partial charge in [0.2, 0.25) is 0 Å². The first-order valence-corrected chi connectivity index (χ1v) is 5.44. The third-order valence-electron chi connectivity index (χ3n) is 2.92. The van der Waals surface area contributed by atoms with Gasteiger partial charge in [0, 0.05) is 23.8 Å². The van der Waals surface area contributed by atoms with Crippen LogP contribution in [0.1, 0.15) is 12.8 Å². The molecule has 1 fully saturated rings. The zero-order chi connectivity index (χ0) is 12.4. The van der Waals surface area contributed by atoms with Crippen molar-refractivity contribution in [1.29, 1.82) is 0 Å². The molecular formula is C11H15N3O3. The van der Waals surface area contributed by atoms with Gasteiger partial charge in [-0.1, -0.05) is 0 Å². The van der Waals surface area contributed by atoms with Crippen LogP contribution in [0, 0.1) is 10.1 Å². The van der Waals surface area contributed by atoms with Crippen molar-refractivity contribution in [2.75, 3.05) is 12.4 Å². The Morgan fingerprint density at radius 3 is 2.76 bits per heavy atom. The fourth-order valence-corrected chi connectivity index (χ4v) is 1.94. The lowest BCUT2D eigenvalue weighted by molar-refractivity contribution is -0.385. The van der Waals surface area contributed by atoms with Crippen LogP contribution in [0.5, 0.6) is 5.75 Å². The molecule has 6 nitrogen and oxygen atoms in total. The Bertz CT molecular complexity index is 430. The van der Waals surface area contributed by atoms with Gasteiger partial charge in [-0.15, -0.1) is 0 Å². The highest BCUT2D eigenvalue weighted by atomic mass is 16.6. The lowest BCUT2D eigenvalue weighted by Crippen LogP contribution is -2.44. The molecule has 0 bridgehead atoms. The van der Waals surface area contributed by atoms with Gasteiger partial charge in [-0.3, -0.25) is 10.1 Å². The van der Waals surface area contributed by atoms with E-state index in [2.05, 4.69) is 5.32 Å². The molecule has 0 saturated heterocycles. The molecule has 1 aliphatic rings. The number of nitrogens with one attached hydrogen (secondary N) is 1. The third-order valence-corrected chi connectivity index (χ3v) is 2.92. The predicted octanol–water partition coefficient (Wildman–Crippen LogP) is 1.50. The van der Waals surface area contributed by atoms with Gasteiger partial charge in [-0.05, 0) is 25.0 Å². The van der Waals surface area contributed by atoms with E-state index in [1.807, 2.05) is 0 Å². The number of nitrogens with zero attached hydrogens (tertiary/aromatic N) is 1. The number of ether oxygens (including phenoxy) is 1. The van der Waals surface area contributed by atoms with Gasteiger partial charge in [-0.2, -0.15) is 0 Å². The van der Waals surface area contributed by atoms with E-state index in [1.165, 1.54) is 13.2 Å². The Kier molecular flexibility index (Phi) is 3.14. The number of nitrogens with two attached hydrogens (primary N) is 1. The minimum Gasteiger partial charge on any atom is -0.490 e. The van der Waals surface area contributed by atoms with Crippen LogP contribution in [0.3, 0.4) is 0 Å². The molecule has 1 aliphatic carbocycles. The summed E-state index contributed by atoms with van der Waals surface area (Å²) in [5, 5.41) is 14.0. The minimum atomic E-state index is -0.448. The maximum atomic E-state index is 10.8. The molecule has 6 heteroatoms. The second-order valence-electron chi connectivity index (χ2n) is 4.22. The highest BCUT2D eigenvalue weighted by Crippen LogP contribution is 2.31. The van der Waals surface area contributed by atoms with Crippen molar-refractivity contribution >= 4 is 11.4 Å². The summed E-state index contributed by atoms with van der Waals surface area (Å²) in [4.78, 5) is 10.4. The van der Waals surface area contributed by atoms with Gasteiger partial charge >= 0.3 is 5.69 Å². The Labute approximate surface area is 98.9 Å². The smallest absolute Gasteiger partial charge is 0.312 e. The molecule has 1 saturated carbocycles. The standard InChI is InChI=1S/C11H15N3O3/c1-17-11-3-2-8(6-10(11)14(15)16)13-9-4-7(12)5-9/h2-3,6-7,9,13H,4-5,12H2,1H3. The van der Waals surface area contributed by atoms with E-state index in [4.69, 9.17) is 10.5 Å². The molecule has 1 aromatic rings. The molecule has 0 aliphatic heterocycles. The average molecular weight is 237 g/mol. The zero-order valence-corrected chi connectivity index (χ0v) is 9.55. The summed E-state index contributed by atoms with van der Waals surface area (Å²) < 4.78 is 4.93. The number of hydrogen-bond acceptors (Lipinski definition) is 5. The molecule has 0 spiro atoms. The first-order valence-electron chi connectivity index (χ1n) is 5.44. The second kappa shape index (κ2) is 4.58. The Hall–Kier alpha value is -1.82. The van der Waals surface area contributed by atoms with Gasteiger partial charge < -0.3 is 15.8 Å². The summed E-state index contributed by atoms with van der Waals surface area (Å²) in [7, 11) is 1.42. The monoisotopic (exact) mass is 237 g/mol. The molecule has 1 aromatic carbocycles. The predicted molar refractivity (Wildman–Crippen MR) is 64.3 cm³/mol. The van der Waals surface area contributed by atoms with E-state index in [-0.39, 0.29) is 17.5 Å². The lowest BCUT2D eigenvalue weighted by atomic mass is 9.87. The molecular weight excluding hydrogens is 222 g/mol. The molecule has 0 amide bonds. The first-order chi connectivity index (χ1) is 8.10. The van der Waals surface area contributed by atoms with E-state index in [0.717, 1.165) is 18.5 Å². The van der Waals surface area contributed by atoms with Crippen molar-refractivity contribution in [2.45, 2.75) is 24.9 Å². The van der Waals surface area contributed by atoms with Gasteiger partial charge in [0.05, 0.1) is 12.0 Å². The topological polar surface area (TPSA) is 90.4 Å². The Balaban J connectivity index is 2.13.